The smallest absolute Gasteiger partial charge is 0.410 e. The van der Waals surface area contributed by atoms with E-state index in [4.69, 9.17) is 16.3 Å². The summed E-state index contributed by atoms with van der Waals surface area (Å²) in [5.74, 6) is 0. The first-order valence-electron chi connectivity index (χ1n) is 6.99. The van der Waals surface area contributed by atoms with Crippen molar-refractivity contribution in [2.75, 3.05) is 13.1 Å². The lowest BCUT2D eigenvalue weighted by Crippen LogP contribution is -2.40. The highest BCUT2D eigenvalue weighted by Gasteiger charge is 2.24. The Kier molecular flexibility index (Phi) is 4.83. The highest BCUT2D eigenvalue weighted by atomic mass is 35.5. The third kappa shape index (κ3) is 4.70. The molecule has 0 bridgehead atoms. The SMILES string of the molecule is CC(C)(C)OC(=O)N1CCC(=Cc2nccnc2Cl)CC1. The Morgan fingerprint density at radius 2 is 1.90 bits per heavy atom. The summed E-state index contributed by atoms with van der Waals surface area (Å²) in [7, 11) is 0. The normalized spacial score (nSPS) is 15.8. The highest BCUT2D eigenvalue weighted by molar-refractivity contribution is 6.30. The molecule has 1 aliphatic heterocycles. The number of carbonyl (C=O) groups is 1. The van der Waals surface area contributed by atoms with Crippen LogP contribution in [0.25, 0.3) is 6.08 Å². The van der Waals surface area contributed by atoms with Gasteiger partial charge >= 0.3 is 6.09 Å². The van der Waals surface area contributed by atoms with Gasteiger partial charge in [-0.25, -0.2) is 9.78 Å². The quantitative estimate of drug-likeness (QED) is 0.796. The number of hydrogen-bond acceptors (Lipinski definition) is 4. The summed E-state index contributed by atoms with van der Waals surface area (Å²) in [5.41, 5.74) is 1.44. The van der Waals surface area contributed by atoms with E-state index in [0.29, 0.717) is 23.9 Å². The number of likely N-dealkylation sites (tertiary alicyclic amines) is 1. The Morgan fingerprint density at radius 3 is 2.48 bits per heavy atom. The molecule has 114 valence electrons. The predicted molar refractivity (Wildman–Crippen MR) is 82.1 cm³/mol. The number of piperidine rings is 1. The Morgan fingerprint density at radius 1 is 1.29 bits per heavy atom. The van der Waals surface area contributed by atoms with E-state index in [9.17, 15) is 4.79 Å². The average Bonchev–Trinajstić information content (AvgIpc) is 2.40. The Balaban J connectivity index is 1.95. The first-order valence-corrected chi connectivity index (χ1v) is 7.37. The van der Waals surface area contributed by atoms with Crippen LogP contribution in [0.3, 0.4) is 0 Å². The minimum absolute atomic E-state index is 0.251. The molecule has 21 heavy (non-hydrogen) atoms. The van der Waals surface area contributed by atoms with Gasteiger partial charge in [0.1, 0.15) is 11.3 Å². The summed E-state index contributed by atoms with van der Waals surface area (Å²) in [4.78, 5) is 21.9. The maximum atomic E-state index is 12.0. The third-order valence-electron chi connectivity index (χ3n) is 3.08. The maximum Gasteiger partial charge on any atom is 0.410 e. The Bertz CT molecular complexity index is 542. The number of nitrogens with zero attached hydrogens (tertiary/aromatic N) is 3. The van der Waals surface area contributed by atoms with Gasteiger partial charge in [0.05, 0.1) is 0 Å². The number of carbonyl (C=O) groups excluding carboxylic acids is 1. The fourth-order valence-corrected chi connectivity index (χ4v) is 2.23. The van der Waals surface area contributed by atoms with Gasteiger partial charge < -0.3 is 9.64 Å². The largest absolute Gasteiger partial charge is 0.444 e. The summed E-state index contributed by atoms with van der Waals surface area (Å²) in [6.07, 6.45) is 6.49. The fraction of sp³-hybridized carbons (Fsp3) is 0.533. The minimum Gasteiger partial charge on any atom is -0.444 e. The van der Waals surface area contributed by atoms with Gasteiger partial charge in [0.15, 0.2) is 5.15 Å². The number of ether oxygens (including phenoxy) is 1. The molecule has 1 saturated heterocycles. The van der Waals surface area contributed by atoms with Crippen molar-refractivity contribution in [2.24, 2.45) is 0 Å². The Hall–Kier alpha value is -1.62. The number of hydrogen-bond donors (Lipinski definition) is 0. The zero-order chi connectivity index (χ0) is 15.5. The second kappa shape index (κ2) is 6.43. The molecule has 1 aliphatic rings. The molecule has 0 saturated carbocycles. The van der Waals surface area contributed by atoms with Crippen LogP contribution in [-0.4, -0.2) is 39.7 Å². The fourth-order valence-electron chi connectivity index (χ4n) is 2.07. The van der Waals surface area contributed by atoms with E-state index in [1.165, 1.54) is 5.57 Å². The predicted octanol–water partition coefficient (Wildman–Crippen LogP) is 3.54. The van der Waals surface area contributed by atoms with Crippen LogP contribution in [-0.2, 0) is 4.74 Å². The number of aromatic nitrogens is 2. The van der Waals surface area contributed by atoms with Gasteiger partial charge in [-0.3, -0.25) is 4.98 Å². The molecule has 0 radical (unpaired) electrons. The molecule has 0 spiro atoms. The number of rotatable bonds is 1. The lowest BCUT2D eigenvalue weighted by molar-refractivity contribution is 0.0237. The topological polar surface area (TPSA) is 55.3 Å². The van der Waals surface area contributed by atoms with Crippen LogP contribution < -0.4 is 0 Å². The van der Waals surface area contributed by atoms with E-state index in [1.807, 2.05) is 26.8 Å². The van der Waals surface area contributed by atoms with Crippen molar-refractivity contribution >= 4 is 23.8 Å². The van der Waals surface area contributed by atoms with Crippen LogP contribution in [0.1, 0.15) is 39.3 Å². The molecule has 6 heteroatoms. The van der Waals surface area contributed by atoms with Crippen LogP contribution in [0, 0.1) is 0 Å². The molecule has 1 amide bonds. The second-order valence-electron chi connectivity index (χ2n) is 6.00. The van der Waals surface area contributed by atoms with E-state index in [-0.39, 0.29) is 6.09 Å². The van der Waals surface area contributed by atoms with Gasteiger partial charge in [0.25, 0.3) is 0 Å². The molecule has 2 rings (SSSR count). The molecular weight excluding hydrogens is 290 g/mol. The third-order valence-corrected chi connectivity index (χ3v) is 3.37. The van der Waals surface area contributed by atoms with Crippen molar-refractivity contribution in [3.63, 3.8) is 0 Å². The molecule has 2 heterocycles. The highest BCUT2D eigenvalue weighted by Crippen LogP contribution is 2.22. The molecule has 5 nitrogen and oxygen atoms in total. The molecule has 0 unspecified atom stereocenters. The average molecular weight is 310 g/mol. The molecule has 0 atom stereocenters. The standard InChI is InChI=1S/C15H20ClN3O2/c1-15(2,3)21-14(20)19-8-4-11(5-9-19)10-12-13(16)18-7-6-17-12/h6-7,10H,4-5,8-9H2,1-3H3. The van der Waals surface area contributed by atoms with Crippen LogP contribution >= 0.6 is 11.6 Å². The molecular formula is C15H20ClN3O2. The van der Waals surface area contributed by atoms with Crippen LogP contribution in [0.2, 0.25) is 5.15 Å². The number of halogens is 1. The zero-order valence-corrected chi connectivity index (χ0v) is 13.4. The molecule has 0 aromatic carbocycles. The van der Waals surface area contributed by atoms with Gasteiger partial charge in [-0.15, -0.1) is 0 Å². The summed E-state index contributed by atoms with van der Waals surface area (Å²) in [5, 5.41) is 0.402. The van der Waals surface area contributed by atoms with Gasteiger partial charge in [-0.2, -0.15) is 0 Å². The molecule has 1 fully saturated rings. The first kappa shape index (κ1) is 15.8. The van der Waals surface area contributed by atoms with E-state index in [2.05, 4.69) is 9.97 Å². The maximum absolute atomic E-state index is 12.0. The summed E-state index contributed by atoms with van der Waals surface area (Å²) < 4.78 is 5.37. The van der Waals surface area contributed by atoms with Gasteiger partial charge in [-0.05, 0) is 39.7 Å². The van der Waals surface area contributed by atoms with Crippen molar-refractivity contribution in [1.29, 1.82) is 0 Å². The van der Waals surface area contributed by atoms with E-state index < -0.39 is 5.60 Å². The van der Waals surface area contributed by atoms with Gasteiger partial charge in [0, 0.05) is 25.5 Å². The van der Waals surface area contributed by atoms with Gasteiger partial charge in [-0.1, -0.05) is 17.2 Å². The summed E-state index contributed by atoms with van der Waals surface area (Å²) >= 11 is 5.99. The van der Waals surface area contributed by atoms with Crippen molar-refractivity contribution in [1.82, 2.24) is 14.9 Å². The van der Waals surface area contributed by atoms with Crippen molar-refractivity contribution < 1.29 is 9.53 Å². The van der Waals surface area contributed by atoms with Crippen LogP contribution in [0.4, 0.5) is 4.79 Å². The molecule has 1 aromatic heterocycles. The van der Waals surface area contributed by atoms with E-state index >= 15 is 0 Å². The molecule has 1 aromatic rings. The lowest BCUT2D eigenvalue weighted by Gasteiger charge is -2.31. The molecule has 0 N–H and O–H groups in total. The van der Waals surface area contributed by atoms with E-state index in [1.54, 1.807) is 17.3 Å². The zero-order valence-electron chi connectivity index (χ0n) is 12.6. The van der Waals surface area contributed by atoms with Crippen molar-refractivity contribution in [3.8, 4) is 0 Å². The van der Waals surface area contributed by atoms with Crippen molar-refractivity contribution in [3.05, 3.63) is 28.8 Å². The van der Waals surface area contributed by atoms with Crippen molar-refractivity contribution in [2.45, 2.75) is 39.2 Å². The lowest BCUT2D eigenvalue weighted by atomic mass is 10.0. The summed E-state index contributed by atoms with van der Waals surface area (Å²) in [6, 6.07) is 0. The second-order valence-corrected chi connectivity index (χ2v) is 6.36. The summed E-state index contributed by atoms with van der Waals surface area (Å²) in [6.45, 7) is 6.92. The van der Waals surface area contributed by atoms with Crippen LogP contribution in [0.5, 0.6) is 0 Å². The number of amides is 1. The molecule has 0 aliphatic carbocycles. The minimum atomic E-state index is -0.458. The first-order chi connectivity index (χ1) is 9.85. The Labute approximate surface area is 130 Å². The van der Waals surface area contributed by atoms with Gasteiger partial charge in [0.2, 0.25) is 0 Å². The van der Waals surface area contributed by atoms with Crippen LogP contribution in [0.15, 0.2) is 18.0 Å². The van der Waals surface area contributed by atoms with E-state index in [0.717, 1.165) is 12.8 Å². The monoisotopic (exact) mass is 309 g/mol.